The number of rotatable bonds is 3. The van der Waals surface area contributed by atoms with E-state index in [0.29, 0.717) is 11.5 Å². The Hall–Kier alpha value is -0.980. The lowest BCUT2D eigenvalue weighted by Gasteiger charge is -2.24. The first-order valence-corrected chi connectivity index (χ1v) is 5.29. The molecule has 1 aromatic rings. The van der Waals surface area contributed by atoms with Crippen LogP contribution in [-0.4, -0.2) is 6.04 Å². The number of nitrogens with one attached hydrogen (secondary N) is 1. The third-order valence-corrected chi connectivity index (χ3v) is 2.11. The van der Waals surface area contributed by atoms with Crippen LogP contribution in [0.2, 0.25) is 0 Å². The highest BCUT2D eigenvalue weighted by atomic mass is 14.9. The Morgan fingerprint density at radius 1 is 1.14 bits per heavy atom. The van der Waals surface area contributed by atoms with Gasteiger partial charge < -0.3 is 5.32 Å². The number of hydrogen-bond acceptors (Lipinski definition) is 1. The molecule has 1 N–H and O–H groups in total. The summed E-state index contributed by atoms with van der Waals surface area (Å²) in [4.78, 5) is 0. The molecule has 1 nitrogen and oxygen atoms in total. The van der Waals surface area contributed by atoms with E-state index in [1.165, 1.54) is 12.1 Å². The molecule has 1 aromatic carbocycles. The highest BCUT2D eigenvalue weighted by Crippen LogP contribution is 2.22. The van der Waals surface area contributed by atoms with Crippen molar-refractivity contribution in [2.45, 2.75) is 40.2 Å². The van der Waals surface area contributed by atoms with Gasteiger partial charge in [-0.15, -0.1) is 0 Å². The van der Waals surface area contributed by atoms with Crippen LogP contribution in [0.5, 0.6) is 0 Å². The summed E-state index contributed by atoms with van der Waals surface area (Å²) in [5.74, 6) is 0. The van der Waals surface area contributed by atoms with Crippen molar-refractivity contribution < 1.29 is 0 Å². The van der Waals surface area contributed by atoms with Gasteiger partial charge in [-0.05, 0) is 30.9 Å². The van der Waals surface area contributed by atoms with Crippen molar-refractivity contribution in [3.8, 4) is 0 Å². The van der Waals surface area contributed by atoms with E-state index in [1.807, 2.05) is 6.07 Å². The minimum atomic E-state index is 0.390. The number of benzene rings is 1. The van der Waals surface area contributed by atoms with Crippen LogP contribution < -0.4 is 5.32 Å². The van der Waals surface area contributed by atoms with E-state index in [0.717, 1.165) is 0 Å². The molecule has 0 aliphatic heterocycles. The van der Waals surface area contributed by atoms with Crippen LogP contribution in [0.4, 0.5) is 5.69 Å². The first kappa shape index (κ1) is 11.1. The maximum Gasteiger partial charge on any atom is 0.0342 e. The van der Waals surface area contributed by atoms with E-state index in [9.17, 15) is 0 Å². The molecule has 0 amide bonds. The molecule has 14 heavy (non-hydrogen) atoms. The molecule has 0 spiro atoms. The van der Waals surface area contributed by atoms with E-state index >= 15 is 0 Å². The summed E-state index contributed by atoms with van der Waals surface area (Å²) in [5, 5.41) is 3.50. The first-order valence-electron chi connectivity index (χ1n) is 5.29. The van der Waals surface area contributed by atoms with Gasteiger partial charge in [-0.1, -0.05) is 39.0 Å². The molecular formula is C13H21N. The van der Waals surface area contributed by atoms with Crippen LogP contribution in [-0.2, 0) is 0 Å². The van der Waals surface area contributed by atoms with Crippen molar-refractivity contribution >= 4 is 5.69 Å². The molecule has 0 heterocycles. The van der Waals surface area contributed by atoms with Crippen molar-refractivity contribution in [2.75, 3.05) is 5.32 Å². The van der Waals surface area contributed by atoms with Crippen LogP contribution in [0.15, 0.2) is 30.3 Å². The molecule has 0 saturated carbocycles. The van der Waals surface area contributed by atoms with Gasteiger partial charge in [0.25, 0.3) is 0 Å². The van der Waals surface area contributed by atoms with Gasteiger partial charge in [0.2, 0.25) is 0 Å². The molecule has 0 aliphatic carbocycles. The number of para-hydroxylation sites is 1. The third-order valence-electron chi connectivity index (χ3n) is 2.11. The van der Waals surface area contributed by atoms with E-state index in [1.54, 1.807) is 0 Å². The Morgan fingerprint density at radius 3 is 2.21 bits per heavy atom. The fraction of sp³-hybridized carbons (Fsp3) is 0.538. The molecule has 0 aliphatic rings. The topological polar surface area (TPSA) is 12.0 Å². The Kier molecular flexibility index (Phi) is 3.56. The second kappa shape index (κ2) is 4.50. The highest BCUT2D eigenvalue weighted by molar-refractivity contribution is 5.43. The molecule has 1 heteroatoms. The standard InChI is InChI=1S/C13H21N/c1-11(10-13(2,3)4)14-12-8-6-5-7-9-12/h5-9,11,14H,10H2,1-4H3. The Morgan fingerprint density at radius 2 is 1.71 bits per heavy atom. The second-order valence-corrected chi connectivity index (χ2v) is 5.18. The average Bonchev–Trinajstić information content (AvgIpc) is 2.02. The summed E-state index contributed by atoms with van der Waals surface area (Å²) < 4.78 is 0. The molecule has 78 valence electrons. The highest BCUT2D eigenvalue weighted by Gasteiger charge is 2.14. The fourth-order valence-corrected chi connectivity index (χ4v) is 1.79. The predicted octanol–water partition coefficient (Wildman–Crippen LogP) is 3.92. The maximum atomic E-state index is 3.50. The third kappa shape index (κ3) is 4.31. The molecular weight excluding hydrogens is 170 g/mol. The lowest BCUT2D eigenvalue weighted by atomic mass is 9.88. The zero-order valence-corrected chi connectivity index (χ0v) is 9.67. The monoisotopic (exact) mass is 191 g/mol. The number of anilines is 1. The Balaban J connectivity index is 2.46. The molecule has 1 unspecified atom stereocenters. The van der Waals surface area contributed by atoms with Gasteiger partial charge >= 0.3 is 0 Å². The minimum absolute atomic E-state index is 0.390. The fourth-order valence-electron chi connectivity index (χ4n) is 1.79. The van der Waals surface area contributed by atoms with E-state index in [2.05, 4.69) is 57.3 Å². The molecule has 0 fully saturated rings. The largest absolute Gasteiger partial charge is 0.383 e. The van der Waals surface area contributed by atoms with Crippen molar-refractivity contribution in [3.63, 3.8) is 0 Å². The van der Waals surface area contributed by atoms with Crippen molar-refractivity contribution in [3.05, 3.63) is 30.3 Å². The average molecular weight is 191 g/mol. The smallest absolute Gasteiger partial charge is 0.0342 e. The van der Waals surface area contributed by atoms with Crippen molar-refractivity contribution in [2.24, 2.45) is 5.41 Å². The van der Waals surface area contributed by atoms with Crippen LogP contribution in [0.1, 0.15) is 34.1 Å². The summed E-state index contributed by atoms with van der Waals surface area (Å²) in [6, 6.07) is 10.9. The SMILES string of the molecule is CC(CC(C)(C)C)Nc1ccccc1. The summed E-state index contributed by atoms with van der Waals surface area (Å²) in [6.07, 6.45) is 1.18. The quantitative estimate of drug-likeness (QED) is 0.763. The van der Waals surface area contributed by atoms with Gasteiger partial charge in [0.1, 0.15) is 0 Å². The zero-order chi connectivity index (χ0) is 10.6. The van der Waals surface area contributed by atoms with Gasteiger partial charge in [-0.2, -0.15) is 0 Å². The normalized spacial score (nSPS) is 13.7. The summed E-state index contributed by atoms with van der Waals surface area (Å²) >= 11 is 0. The zero-order valence-electron chi connectivity index (χ0n) is 9.67. The molecule has 1 atom stereocenters. The summed E-state index contributed by atoms with van der Waals surface area (Å²) in [6.45, 7) is 9.06. The van der Waals surface area contributed by atoms with Gasteiger partial charge in [0, 0.05) is 11.7 Å². The Bertz CT molecular complexity index is 258. The van der Waals surface area contributed by atoms with Gasteiger partial charge in [-0.3, -0.25) is 0 Å². The van der Waals surface area contributed by atoms with Crippen LogP contribution >= 0.6 is 0 Å². The number of hydrogen-bond donors (Lipinski definition) is 1. The molecule has 0 radical (unpaired) electrons. The summed E-state index contributed by atoms with van der Waals surface area (Å²) in [5.41, 5.74) is 1.60. The van der Waals surface area contributed by atoms with Crippen LogP contribution in [0.25, 0.3) is 0 Å². The molecule has 0 aromatic heterocycles. The lowest BCUT2D eigenvalue weighted by molar-refractivity contribution is 0.358. The second-order valence-electron chi connectivity index (χ2n) is 5.18. The van der Waals surface area contributed by atoms with E-state index in [4.69, 9.17) is 0 Å². The first-order chi connectivity index (χ1) is 6.47. The summed E-state index contributed by atoms with van der Waals surface area (Å²) in [7, 11) is 0. The lowest BCUT2D eigenvalue weighted by Crippen LogP contribution is -2.22. The van der Waals surface area contributed by atoms with Gasteiger partial charge in [0.15, 0.2) is 0 Å². The van der Waals surface area contributed by atoms with Crippen molar-refractivity contribution in [1.29, 1.82) is 0 Å². The minimum Gasteiger partial charge on any atom is -0.383 e. The molecule has 0 bridgehead atoms. The van der Waals surface area contributed by atoms with E-state index in [-0.39, 0.29) is 0 Å². The maximum absolute atomic E-state index is 3.50. The van der Waals surface area contributed by atoms with Crippen LogP contribution in [0, 0.1) is 5.41 Å². The molecule has 1 rings (SSSR count). The Labute approximate surface area is 87.5 Å². The molecule has 0 saturated heterocycles. The van der Waals surface area contributed by atoms with Crippen LogP contribution in [0.3, 0.4) is 0 Å². The van der Waals surface area contributed by atoms with Crippen molar-refractivity contribution in [1.82, 2.24) is 0 Å². The van der Waals surface area contributed by atoms with Gasteiger partial charge in [0.05, 0.1) is 0 Å². The van der Waals surface area contributed by atoms with Gasteiger partial charge in [-0.25, -0.2) is 0 Å². The predicted molar refractivity (Wildman–Crippen MR) is 63.6 cm³/mol. The van der Waals surface area contributed by atoms with E-state index < -0.39 is 0 Å².